The van der Waals surface area contributed by atoms with Crippen LogP contribution in [0.25, 0.3) is 0 Å². The van der Waals surface area contributed by atoms with Crippen molar-refractivity contribution in [3.63, 3.8) is 0 Å². The normalized spacial score (nSPS) is 24.3. The Morgan fingerprint density at radius 2 is 2.03 bits per heavy atom. The molecular formula is C22H27N3O4. The van der Waals surface area contributed by atoms with Gasteiger partial charge in [-0.25, -0.2) is 4.79 Å². The molecule has 2 unspecified atom stereocenters. The van der Waals surface area contributed by atoms with Gasteiger partial charge in [0, 0.05) is 25.4 Å². The van der Waals surface area contributed by atoms with E-state index < -0.39 is 11.7 Å². The first-order valence-corrected chi connectivity index (χ1v) is 10.0. The number of ether oxygens (including phenoxy) is 1. The Morgan fingerprint density at radius 3 is 2.69 bits per heavy atom. The molecule has 1 saturated heterocycles. The van der Waals surface area contributed by atoms with Crippen molar-refractivity contribution >= 4 is 11.9 Å². The van der Waals surface area contributed by atoms with Gasteiger partial charge in [0.25, 0.3) is 0 Å². The van der Waals surface area contributed by atoms with Crippen molar-refractivity contribution in [2.75, 3.05) is 6.54 Å². The van der Waals surface area contributed by atoms with Gasteiger partial charge in [0.15, 0.2) is 17.2 Å². The summed E-state index contributed by atoms with van der Waals surface area (Å²) in [6, 6.07) is 9.71. The molecule has 1 aromatic carbocycles. The second kappa shape index (κ2) is 6.90. The summed E-state index contributed by atoms with van der Waals surface area (Å²) in [6.07, 6.45) is 2.11. The Morgan fingerprint density at radius 1 is 1.31 bits per heavy atom. The molecule has 0 bridgehead atoms. The quantitative estimate of drug-likeness (QED) is 0.833. The minimum atomic E-state index is -0.918. The summed E-state index contributed by atoms with van der Waals surface area (Å²) >= 11 is 0. The number of aromatic nitrogens is 2. The molecule has 0 aliphatic carbocycles. The highest BCUT2D eigenvalue weighted by Crippen LogP contribution is 2.44. The average Bonchev–Trinajstić information content (AvgIpc) is 3.04. The number of carbonyl (C=O) groups excluding carboxylic acids is 1. The SMILES string of the molecule is CC(C)(C)C1CC2(CCN1C(=O)O)CC(=O)c1nn(Cc3ccccc3)cc1O2. The van der Waals surface area contributed by atoms with E-state index >= 15 is 0 Å². The molecule has 2 aromatic rings. The van der Waals surface area contributed by atoms with Crippen molar-refractivity contribution < 1.29 is 19.4 Å². The number of likely N-dealkylation sites (tertiary alicyclic amines) is 1. The maximum Gasteiger partial charge on any atom is 0.407 e. The number of carboxylic acid groups (broad SMARTS) is 1. The van der Waals surface area contributed by atoms with Crippen LogP contribution in [0.2, 0.25) is 0 Å². The van der Waals surface area contributed by atoms with E-state index in [1.807, 2.05) is 51.1 Å². The molecule has 7 heteroatoms. The van der Waals surface area contributed by atoms with Crippen molar-refractivity contribution in [3.05, 3.63) is 47.8 Å². The molecule has 7 nitrogen and oxygen atoms in total. The molecule has 0 saturated carbocycles. The average molecular weight is 397 g/mol. The zero-order valence-corrected chi connectivity index (χ0v) is 17.1. The molecule has 2 atom stereocenters. The molecule has 1 spiro atoms. The van der Waals surface area contributed by atoms with Gasteiger partial charge in [-0.15, -0.1) is 0 Å². The third-order valence-electron chi connectivity index (χ3n) is 5.98. The molecule has 1 aromatic heterocycles. The highest BCUT2D eigenvalue weighted by atomic mass is 16.5. The van der Waals surface area contributed by atoms with Crippen LogP contribution in [0.5, 0.6) is 5.75 Å². The maximum absolute atomic E-state index is 12.9. The zero-order valence-electron chi connectivity index (χ0n) is 17.1. The molecule has 3 heterocycles. The fourth-order valence-electron chi connectivity index (χ4n) is 4.47. The molecule has 154 valence electrons. The second-order valence-corrected chi connectivity index (χ2v) is 9.22. The molecule has 29 heavy (non-hydrogen) atoms. The molecule has 2 aliphatic rings. The van der Waals surface area contributed by atoms with Crippen LogP contribution in [-0.2, 0) is 6.54 Å². The number of rotatable bonds is 2. The van der Waals surface area contributed by atoms with Gasteiger partial charge in [0.2, 0.25) is 0 Å². The van der Waals surface area contributed by atoms with Crippen molar-refractivity contribution in [2.24, 2.45) is 5.41 Å². The molecule has 1 fully saturated rings. The molecule has 1 N–H and O–H groups in total. The molecule has 4 rings (SSSR count). The van der Waals surface area contributed by atoms with Crippen LogP contribution in [0.15, 0.2) is 36.5 Å². The standard InChI is InChI=1S/C22H27N3O4/c1-21(2,3)18-12-22(9-10-25(18)20(27)28)11-16(26)19-17(29-22)14-24(23-19)13-15-7-5-4-6-8-15/h4-8,14,18H,9-13H2,1-3H3,(H,27,28). The summed E-state index contributed by atoms with van der Waals surface area (Å²) in [4.78, 5) is 26.1. The lowest BCUT2D eigenvalue weighted by Crippen LogP contribution is -2.59. The van der Waals surface area contributed by atoms with E-state index in [1.54, 1.807) is 10.9 Å². The predicted octanol–water partition coefficient (Wildman–Crippen LogP) is 3.82. The molecule has 2 aliphatic heterocycles. The fraction of sp³-hybridized carbons (Fsp3) is 0.500. The van der Waals surface area contributed by atoms with Crippen LogP contribution >= 0.6 is 0 Å². The number of Topliss-reactive ketones (excluding diaryl/α,β-unsaturated/α-hetero) is 1. The monoisotopic (exact) mass is 397 g/mol. The van der Waals surface area contributed by atoms with Gasteiger partial charge in [0.1, 0.15) is 5.60 Å². The summed E-state index contributed by atoms with van der Waals surface area (Å²) in [5.74, 6) is 0.475. The Labute approximate surface area is 170 Å². The first kappa shape index (κ1) is 19.5. The summed E-state index contributed by atoms with van der Waals surface area (Å²) in [5, 5.41) is 14.1. The van der Waals surface area contributed by atoms with E-state index in [2.05, 4.69) is 5.10 Å². The smallest absolute Gasteiger partial charge is 0.407 e. The van der Waals surface area contributed by atoms with Crippen LogP contribution in [0, 0.1) is 5.41 Å². The highest BCUT2D eigenvalue weighted by molar-refractivity contribution is 5.98. The topological polar surface area (TPSA) is 84.7 Å². The number of carbonyl (C=O) groups is 2. The highest BCUT2D eigenvalue weighted by Gasteiger charge is 2.51. The minimum absolute atomic E-state index is 0.0329. The molecule has 1 amide bonds. The van der Waals surface area contributed by atoms with Crippen LogP contribution < -0.4 is 4.74 Å². The van der Waals surface area contributed by atoms with E-state index in [1.165, 1.54) is 4.90 Å². The lowest BCUT2D eigenvalue weighted by Gasteiger charge is -2.50. The Balaban J connectivity index is 1.59. The number of hydrogen-bond donors (Lipinski definition) is 1. The van der Waals surface area contributed by atoms with Crippen LogP contribution in [0.4, 0.5) is 4.79 Å². The summed E-state index contributed by atoms with van der Waals surface area (Å²) < 4.78 is 8.12. The Bertz CT molecular complexity index is 931. The van der Waals surface area contributed by atoms with Crippen LogP contribution in [-0.4, -0.2) is 49.9 Å². The van der Waals surface area contributed by atoms with Gasteiger partial charge in [0.05, 0.1) is 19.2 Å². The van der Waals surface area contributed by atoms with Gasteiger partial charge >= 0.3 is 6.09 Å². The first-order chi connectivity index (χ1) is 13.7. The lowest BCUT2D eigenvalue weighted by atomic mass is 9.72. The van der Waals surface area contributed by atoms with Crippen molar-refractivity contribution in [1.82, 2.24) is 14.7 Å². The number of piperidine rings is 1. The fourth-order valence-corrected chi connectivity index (χ4v) is 4.47. The van der Waals surface area contributed by atoms with Crippen molar-refractivity contribution in [1.29, 1.82) is 0 Å². The van der Waals surface area contributed by atoms with E-state index in [9.17, 15) is 14.7 Å². The largest absolute Gasteiger partial charge is 0.483 e. The Hall–Kier alpha value is -2.83. The van der Waals surface area contributed by atoms with Gasteiger partial charge in [-0.3, -0.25) is 9.48 Å². The van der Waals surface area contributed by atoms with Gasteiger partial charge in [-0.1, -0.05) is 51.1 Å². The van der Waals surface area contributed by atoms with Crippen molar-refractivity contribution in [3.8, 4) is 5.75 Å². The number of fused-ring (bicyclic) bond motifs is 1. The Kier molecular flexibility index (Phi) is 4.63. The summed E-state index contributed by atoms with van der Waals surface area (Å²) in [6.45, 7) is 7.01. The second-order valence-electron chi connectivity index (χ2n) is 9.22. The maximum atomic E-state index is 12.9. The number of ketones is 1. The van der Waals surface area contributed by atoms with E-state index in [0.29, 0.717) is 37.4 Å². The number of amides is 1. The predicted molar refractivity (Wildman–Crippen MR) is 107 cm³/mol. The van der Waals surface area contributed by atoms with Crippen LogP contribution in [0.1, 0.15) is 56.1 Å². The van der Waals surface area contributed by atoms with Crippen LogP contribution in [0.3, 0.4) is 0 Å². The van der Waals surface area contributed by atoms with Gasteiger partial charge in [-0.2, -0.15) is 5.10 Å². The third-order valence-corrected chi connectivity index (χ3v) is 5.98. The number of hydrogen-bond acceptors (Lipinski definition) is 4. The van der Waals surface area contributed by atoms with Gasteiger partial charge < -0.3 is 14.7 Å². The summed E-state index contributed by atoms with van der Waals surface area (Å²) in [5.41, 5.74) is 0.543. The molecular weight excluding hydrogens is 370 g/mol. The zero-order chi connectivity index (χ0) is 20.8. The van der Waals surface area contributed by atoms with Gasteiger partial charge in [-0.05, 0) is 11.0 Å². The lowest BCUT2D eigenvalue weighted by molar-refractivity contribution is -0.0522. The minimum Gasteiger partial charge on any atom is -0.483 e. The molecule has 0 radical (unpaired) electrons. The van der Waals surface area contributed by atoms with E-state index in [4.69, 9.17) is 4.74 Å². The number of benzene rings is 1. The van der Waals surface area contributed by atoms with E-state index in [0.717, 1.165) is 5.56 Å². The summed E-state index contributed by atoms with van der Waals surface area (Å²) in [7, 11) is 0. The third kappa shape index (κ3) is 3.73. The van der Waals surface area contributed by atoms with E-state index in [-0.39, 0.29) is 23.7 Å². The number of nitrogens with zero attached hydrogens (tertiary/aromatic N) is 3. The van der Waals surface area contributed by atoms with Crippen molar-refractivity contribution in [2.45, 2.75) is 58.2 Å². The first-order valence-electron chi connectivity index (χ1n) is 10.0.